The molecule has 0 amide bonds. The Kier molecular flexibility index (Phi) is 6.21. The van der Waals surface area contributed by atoms with Gasteiger partial charge in [0.1, 0.15) is 0 Å². The molecule has 1 aliphatic rings. The lowest BCUT2D eigenvalue weighted by Crippen LogP contribution is -2.47. The summed E-state index contributed by atoms with van der Waals surface area (Å²) < 4.78 is 5.43. The third-order valence-electron chi connectivity index (χ3n) is 4.12. The van der Waals surface area contributed by atoms with E-state index in [2.05, 4.69) is 39.7 Å². The summed E-state index contributed by atoms with van der Waals surface area (Å²) in [4.78, 5) is 9.36. The number of terminal acetylenes is 1. The van der Waals surface area contributed by atoms with Crippen LogP contribution in [0.5, 0.6) is 0 Å². The highest BCUT2D eigenvalue weighted by Crippen LogP contribution is 2.20. The second-order valence-corrected chi connectivity index (χ2v) is 5.66. The lowest BCUT2D eigenvalue weighted by molar-refractivity contribution is 0.0896. The van der Waals surface area contributed by atoms with Gasteiger partial charge in [-0.15, -0.1) is 12.3 Å². The molecule has 0 aliphatic carbocycles. The summed E-state index contributed by atoms with van der Waals surface area (Å²) in [6, 6.07) is 0.197. The van der Waals surface area contributed by atoms with Crippen LogP contribution in [-0.4, -0.2) is 52.7 Å². The van der Waals surface area contributed by atoms with Gasteiger partial charge in [-0.1, -0.05) is 18.5 Å². The Hall–Kier alpha value is -1.38. The largest absolute Gasteiger partial charge is 0.338 e. The van der Waals surface area contributed by atoms with Crippen LogP contribution in [0.2, 0.25) is 0 Å². The minimum atomic E-state index is 0.197. The molecule has 0 aromatic carbocycles. The molecule has 1 aliphatic heterocycles. The number of unbranched alkanes of at least 4 members (excludes halogenated alkanes) is 1. The van der Waals surface area contributed by atoms with Crippen LogP contribution in [0.25, 0.3) is 0 Å². The fourth-order valence-corrected chi connectivity index (χ4v) is 2.63. The SMILES string of the molecule is C#CCCN1CCN([C@H](C)c2nc(CCCC)no2)CC1. The van der Waals surface area contributed by atoms with Crippen molar-refractivity contribution in [2.75, 3.05) is 32.7 Å². The van der Waals surface area contributed by atoms with Gasteiger partial charge in [-0.05, 0) is 13.3 Å². The zero-order chi connectivity index (χ0) is 15.1. The number of hydrogen-bond donors (Lipinski definition) is 0. The maximum Gasteiger partial charge on any atom is 0.243 e. The molecule has 0 unspecified atom stereocenters. The molecular weight excluding hydrogens is 264 g/mol. The molecule has 5 heteroatoms. The third-order valence-corrected chi connectivity index (χ3v) is 4.12. The zero-order valence-electron chi connectivity index (χ0n) is 13.2. The van der Waals surface area contributed by atoms with Crippen LogP contribution in [0.15, 0.2) is 4.52 Å². The summed E-state index contributed by atoms with van der Waals surface area (Å²) in [6.45, 7) is 9.49. The summed E-state index contributed by atoms with van der Waals surface area (Å²) in [5, 5.41) is 4.08. The van der Waals surface area contributed by atoms with Crippen molar-refractivity contribution < 1.29 is 4.52 Å². The van der Waals surface area contributed by atoms with Gasteiger partial charge in [0.05, 0.1) is 6.04 Å². The maximum absolute atomic E-state index is 5.43. The normalized spacial score (nSPS) is 18.5. The number of rotatable bonds is 7. The fourth-order valence-electron chi connectivity index (χ4n) is 2.63. The molecule has 1 saturated heterocycles. The van der Waals surface area contributed by atoms with Gasteiger partial charge in [-0.3, -0.25) is 9.80 Å². The quantitative estimate of drug-likeness (QED) is 0.720. The highest BCUT2D eigenvalue weighted by molar-refractivity contribution is 4.94. The summed E-state index contributed by atoms with van der Waals surface area (Å²) in [6.07, 6.45) is 9.33. The van der Waals surface area contributed by atoms with Crippen molar-refractivity contribution in [3.05, 3.63) is 11.7 Å². The molecule has 116 valence electrons. The molecule has 0 saturated carbocycles. The van der Waals surface area contributed by atoms with Gasteiger partial charge < -0.3 is 4.52 Å². The smallest absolute Gasteiger partial charge is 0.243 e. The Labute approximate surface area is 127 Å². The standard InChI is InChI=1S/C16H26N4O/c1-4-6-8-15-17-16(21-18-15)14(3)20-12-10-19(11-13-20)9-7-5-2/h2,14H,4,6-13H2,1,3H3/t14-/m1/s1. The van der Waals surface area contributed by atoms with Crippen molar-refractivity contribution >= 4 is 0 Å². The van der Waals surface area contributed by atoms with E-state index < -0.39 is 0 Å². The topological polar surface area (TPSA) is 45.4 Å². The van der Waals surface area contributed by atoms with E-state index in [0.29, 0.717) is 0 Å². The van der Waals surface area contributed by atoms with Crippen molar-refractivity contribution in [1.82, 2.24) is 19.9 Å². The van der Waals surface area contributed by atoms with Gasteiger partial charge in [-0.25, -0.2) is 0 Å². The molecule has 2 rings (SSSR count). The van der Waals surface area contributed by atoms with Crippen LogP contribution in [0, 0.1) is 12.3 Å². The van der Waals surface area contributed by atoms with E-state index in [0.717, 1.165) is 70.1 Å². The van der Waals surface area contributed by atoms with E-state index in [4.69, 9.17) is 10.9 Å². The molecule has 0 radical (unpaired) electrons. The average Bonchev–Trinajstić information content (AvgIpc) is 2.99. The van der Waals surface area contributed by atoms with Gasteiger partial charge in [0, 0.05) is 45.6 Å². The molecule has 1 atom stereocenters. The average molecular weight is 290 g/mol. The second kappa shape index (κ2) is 8.16. The van der Waals surface area contributed by atoms with Crippen LogP contribution in [0.4, 0.5) is 0 Å². The van der Waals surface area contributed by atoms with Crippen molar-refractivity contribution in [1.29, 1.82) is 0 Å². The number of aryl methyl sites for hydroxylation is 1. The fraction of sp³-hybridized carbons (Fsp3) is 0.750. The highest BCUT2D eigenvalue weighted by atomic mass is 16.5. The molecule has 0 bridgehead atoms. The Bertz CT molecular complexity index is 457. The lowest BCUT2D eigenvalue weighted by Gasteiger charge is -2.36. The first kappa shape index (κ1) is 16.0. The first-order valence-electron chi connectivity index (χ1n) is 7.97. The van der Waals surface area contributed by atoms with Crippen LogP contribution in [-0.2, 0) is 6.42 Å². The molecule has 1 fully saturated rings. The van der Waals surface area contributed by atoms with Gasteiger partial charge >= 0.3 is 0 Å². The van der Waals surface area contributed by atoms with Crippen LogP contribution >= 0.6 is 0 Å². The van der Waals surface area contributed by atoms with Gasteiger partial charge in [-0.2, -0.15) is 4.98 Å². The monoisotopic (exact) mass is 290 g/mol. The van der Waals surface area contributed by atoms with Gasteiger partial charge in [0.15, 0.2) is 5.82 Å². The van der Waals surface area contributed by atoms with Crippen molar-refractivity contribution in [3.8, 4) is 12.3 Å². The van der Waals surface area contributed by atoms with E-state index in [1.807, 2.05) is 0 Å². The number of piperazine rings is 1. The lowest BCUT2D eigenvalue weighted by atomic mass is 10.2. The molecule has 5 nitrogen and oxygen atoms in total. The summed E-state index contributed by atoms with van der Waals surface area (Å²) in [5.74, 6) is 4.29. The molecule has 0 N–H and O–H groups in total. The minimum absolute atomic E-state index is 0.197. The Morgan fingerprint density at radius 3 is 2.76 bits per heavy atom. The van der Waals surface area contributed by atoms with Crippen molar-refractivity contribution in [2.45, 2.75) is 45.6 Å². The number of aromatic nitrogens is 2. The van der Waals surface area contributed by atoms with E-state index >= 15 is 0 Å². The molecule has 2 heterocycles. The van der Waals surface area contributed by atoms with E-state index in [1.54, 1.807) is 0 Å². The molecule has 0 spiro atoms. The predicted molar refractivity (Wildman–Crippen MR) is 82.8 cm³/mol. The molecule has 21 heavy (non-hydrogen) atoms. The van der Waals surface area contributed by atoms with Crippen molar-refractivity contribution in [2.24, 2.45) is 0 Å². The Balaban J connectivity index is 1.82. The van der Waals surface area contributed by atoms with Gasteiger partial charge in [0.2, 0.25) is 5.89 Å². The highest BCUT2D eigenvalue weighted by Gasteiger charge is 2.25. The summed E-state index contributed by atoms with van der Waals surface area (Å²) in [7, 11) is 0. The van der Waals surface area contributed by atoms with Crippen LogP contribution in [0.1, 0.15) is 50.9 Å². The summed E-state index contributed by atoms with van der Waals surface area (Å²) >= 11 is 0. The Morgan fingerprint density at radius 1 is 1.33 bits per heavy atom. The van der Waals surface area contributed by atoms with Crippen molar-refractivity contribution in [3.63, 3.8) is 0 Å². The first-order chi connectivity index (χ1) is 10.2. The molecule has 1 aromatic heterocycles. The number of hydrogen-bond acceptors (Lipinski definition) is 5. The Morgan fingerprint density at radius 2 is 2.10 bits per heavy atom. The molecular formula is C16H26N4O. The maximum atomic E-state index is 5.43. The predicted octanol–water partition coefficient (Wildman–Crippen LogP) is 2.11. The van der Waals surface area contributed by atoms with E-state index in [-0.39, 0.29) is 6.04 Å². The minimum Gasteiger partial charge on any atom is -0.338 e. The van der Waals surface area contributed by atoms with E-state index in [9.17, 15) is 0 Å². The summed E-state index contributed by atoms with van der Waals surface area (Å²) in [5.41, 5.74) is 0. The number of nitrogens with zero attached hydrogens (tertiary/aromatic N) is 4. The van der Waals surface area contributed by atoms with Gasteiger partial charge in [0.25, 0.3) is 0 Å². The zero-order valence-corrected chi connectivity index (χ0v) is 13.2. The van der Waals surface area contributed by atoms with Crippen LogP contribution in [0.3, 0.4) is 0 Å². The second-order valence-electron chi connectivity index (χ2n) is 5.66. The van der Waals surface area contributed by atoms with E-state index in [1.165, 1.54) is 0 Å². The third kappa shape index (κ3) is 4.55. The first-order valence-corrected chi connectivity index (χ1v) is 7.97. The molecule has 1 aromatic rings. The van der Waals surface area contributed by atoms with Crippen LogP contribution < -0.4 is 0 Å².